The lowest BCUT2D eigenvalue weighted by Gasteiger charge is -2.19. The summed E-state index contributed by atoms with van der Waals surface area (Å²) in [5.41, 5.74) is 8.49. The van der Waals surface area contributed by atoms with Gasteiger partial charge in [-0.25, -0.2) is 4.98 Å². The van der Waals surface area contributed by atoms with Gasteiger partial charge in [0.2, 0.25) is 11.9 Å². The van der Waals surface area contributed by atoms with E-state index < -0.39 is 0 Å². The molecule has 8 nitrogen and oxygen atoms in total. The van der Waals surface area contributed by atoms with Gasteiger partial charge in [0.1, 0.15) is 23.4 Å². The number of nitrogens with one attached hydrogen (secondary N) is 1. The van der Waals surface area contributed by atoms with Crippen LogP contribution in [-0.4, -0.2) is 47.1 Å². The van der Waals surface area contributed by atoms with Crippen molar-refractivity contribution in [1.82, 2.24) is 14.9 Å². The lowest BCUT2D eigenvalue weighted by Crippen LogP contribution is -2.33. The Balaban J connectivity index is 0.00000176. The van der Waals surface area contributed by atoms with Crippen molar-refractivity contribution < 1.29 is 9.53 Å². The van der Waals surface area contributed by atoms with Gasteiger partial charge in [-0.2, -0.15) is 4.98 Å². The molecule has 0 saturated carbocycles. The molecule has 1 aromatic heterocycles. The van der Waals surface area contributed by atoms with Crippen LogP contribution in [0.25, 0.3) is 11.3 Å². The van der Waals surface area contributed by atoms with Gasteiger partial charge in [-0.1, -0.05) is 44.2 Å². The smallest absolute Gasteiger partial charge is 0.246 e. The molecule has 2 heterocycles. The zero-order chi connectivity index (χ0) is 25.9. The van der Waals surface area contributed by atoms with E-state index in [1.54, 1.807) is 25.2 Å². The molecule has 3 N–H and O–H groups in total. The Hall–Kier alpha value is -4.20. The lowest BCUT2D eigenvalue weighted by atomic mass is 10.1. The quantitative estimate of drug-likeness (QED) is 0.479. The average molecular weight is 487 g/mol. The molecule has 1 aliphatic rings. The van der Waals surface area contributed by atoms with Crippen LogP contribution in [0.15, 0.2) is 77.5 Å². The fourth-order valence-corrected chi connectivity index (χ4v) is 3.60. The van der Waals surface area contributed by atoms with Crippen LogP contribution in [0, 0.1) is 0 Å². The van der Waals surface area contributed by atoms with Crippen LogP contribution in [0.2, 0.25) is 0 Å². The maximum Gasteiger partial charge on any atom is 0.246 e. The second kappa shape index (κ2) is 13.0. The van der Waals surface area contributed by atoms with Gasteiger partial charge in [0.25, 0.3) is 0 Å². The highest BCUT2D eigenvalue weighted by molar-refractivity contribution is 5.83. The van der Waals surface area contributed by atoms with Crippen LogP contribution in [0.3, 0.4) is 0 Å². The molecule has 2 aromatic carbocycles. The fourth-order valence-electron chi connectivity index (χ4n) is 3.60. The molecule has 0 saturated heterocycles. The van der Waals surface area contributed by atoms with E-state index in [0.717, 1.165) is 28.5 Å². The Morgan fingerprint density at radius 3 is 2.47 bits per heavy atom. The Morgan fingerprint density at radius 1 is 1.06 bits per heavy atom. The minimum Gasteiger partial charge on any atom is -0.462 e. The maximum absolute atomic E-state index is 12.3. The van der Waals surface area contributed by atoms with Gasteiger partial charge in [0.05, 0.1) is 5.69 Å². The van der Waals surface area contributed by atoms with Crippen LogP contribution in [0.4, 0.5) is 17.5 Å². The zero-order valence-electron chi connectivity index (χ0n) is 21.3. The number of benzene rings is 2. The van der Waals surface area contributed by atoms with Crippen LogP contribution in [0.1, 0.15) is 33.1 Å². The number of rotatable bonds is 6. The summed E-state index contributed by atoms with van der Waals surface area (Å²) in [4.78, 5) is 26.9. The highest BCUT2D eigenvalue weighted by atomic mass is 16.5. The minimum absolute atomic E-state index is 0.00806. The molecule has 1 atom stereocenters. The molecular weight excluding hydrogens is 452 g/mol. The van der Waals surface area contributed by atoms with Crippen molar-refractivity contribution in [3.05, 3.63) is 72.5 Å². The minimum atomic E-state index is -0.366. The van der Waals surface area contributed by atoms with Gasteiger partial charge in [-0.15, -0.1) is 0 Å². The molecule has 0 aliphatic carbocycles. The SMILES string of the molecule is CC.CN(C)C(=O)C1CC/C(Oc2ccc(Nc3cc(-c4ccccc4)nc(N)n3)cc2)=C\CC=N1. The molecule has 188 valence electrons. The average Bonchev–Trinajstić information content (AvgIpc) is 2.88. The third-order valence-corrected chi connectivity index (χ3v) is 5.31. The Labute approximate surface area is 212 Å². The third-order valence-electron chi connectivity index (χ3n) is 5.31. The van der Waals surface area contributed by atoms with Gasteiger partial charge in [-0.3, -0.25) is 9.79 Å². The standard InChI is InChI=1S/C26H28N6O2.C2H6/c1-32(2)25(33)22-15-14-20(9-6-16-28-22)34-21-12-10-19(11-13-21)29-24-17-23(30-26(27)31-24)18-7-4-3-5-8-18;1-2/h3-5,7-13,16-17,22H,6,14-15H2,1-2H3,(H3,27,29,30,31);1-2H3/b20-9+,28-16?;. The van der Waals surface area contributed by atoms with E-state index >= 15 is 0 Å². The molecule has 0 radical (unpaired) electrons. The summed E-state index contributed by atoms with van der Waals surface area (Å²) in [6, 6.07) is 18.9. The van der Waals surface area contributed by atoms with Crippen molar-refractivity contribution in [3.8, 4) is 17.0 Å². The van der Waals surface area contributed by atoms with E-state index in [4.69, 9.17) is 10.5 Å². The first kappa shape index (κ1) is 26.4. The van der Waals surface area contributed by atoms with E-state index in [1.807, 2.05) is 80.6 Å². The summed E-state index contributed by atoms with van der Waals surface area (Å²) in [7, 11) is 3.50. The second-order valence-electron chi connectivity index (χ2n) is 8.14. The maximum atomic E-state index is 12.3. The third kappa shape index (κ3) is 7.40. The van der Waals surface area contributed by atoms with Gasteiger partial charge in [-0.05, 0) is 36.8 Å². The normalized spacial score (nSPS) is 16.3. The van der Waals surface area contributed by atoms with Crippen LogP contribution < -0.4 is 15.8 Å². The summed E-state index contributed by atoms with van der Waals surface area (Å²) >= 11 is 0. The van der Waals surface area contributed by atoms with Crippen molar-refractivity contribution in [2.75, 3.05) is 25.1 Å². The Bertz CT molecular complexity index is 1190. The molecule has 4 rings (SSSR count). The number of allylic oxidation sites excluding steroid dienone is 2. The highest BCUT2D eigenvalue weighted by Crippen LogP contribution is 2.25. The number of nitrogens with two attached hydrogens (primary N) is 1. The number of aromatic nitrogens is 2. The van der Waals surface area contributed by atoms with E-state index in [1.165, 1.54) is 0 Å². The molecule has 1 amide bonds. The molecule has 36 heavy (non-hydrogen) atoms. The van der Waals surface area contributed by atoms with Crippen molar-refractivity contribution in [3.63, 3.8) is 0 Å². The number of nitrogen functional groups attached to an aromatic ring is 1. The summed E-state index contributed by atoms with van der Waals surface area (Å²) in [6.45, 7) is 4.00. The van der Waals surface area contributed by atoms with Crippen LogP contribution in [-0.2, 0) is 4.79 Å². The number of carbonyl (C=O) groups excluding carboxylic acids is 1. The first-order valence-electron chi connectivity index (χ1n) is 12.1. The summed E-state index contributed by atoms with van der Waals surface area (Å²) < 4.78 is 6.08. The molecule has 0 fully saturated rings. The molecule has 8 heteroatoms. The zero-order valence-corrected chi connectivity index (χ0v) is 21.3. The Morgan fingerprint density at radius 2 is 1.78 bits per heavy atom. The van der Waals surface area contributed by atoms with Crippen molar-refractivity contribution in [2.45, 2.75) is 39.2 Å². The largest absolute Gasteiger partial charge is 0.462 e. The predicted molar refractivity (Wildman–Crippen MR) is 146 cm³/mol. The van der Waals surface area contributed by atoms with Crippen molar-refractivity contribution in [1.29, 1.82) is 0 Å². The van der Waals surface area contributed by atoms with Gasteiger partial charge >= 0.3 is 0 Å². The number of likely N-dealkylation sites (N-methyl/N-ethyl adjacent to an activating group) is 1. The molecule has 1 aliphatic heterocycles. The van der Waals surface area contributed by atoms with E-state index in [0.29, 0.717) is 25.1 Å². The molecule has 0 bridgehead atoms. The van der Waals surface area contributed by atoms with E-state index in [-0.39, 0.29) is 17.9 Å². The molecule has 3 aromatic rings. The number of anilines is 3. The Kier molecular flexibility index (Phi) is 9.56. The second-order valence-corrected chi connectivity index (χ2v) is 8.14. The topological polar surface area (TPSA) is 106 Å². The van der Waals surface area contributed by atoms with Crippen LogP contribution >= 0.6 is 0 Å². The van der Waals surface area contributed by atoms with Gasteiger partial charge in [0.15, 0.2) is 0 Å². The lowest BCUT2D eigenvalue weighted by molar-refractivity contribution is -0.130. The fraction of sp³-hybridized carbons (Fsp3) is 0.286. The number of ether oxygens (including phenoxy) is 1. The van der Waals surface area contributed by atoms with Crippen molar-refractivity contribution in [2.24, 2.45) is 4.99 Å². The van der Waals surface area contributed by atoms with Crippen LogP contribution in [0.5, 0.6) is 5.75 Å². The van der Waals surface area contributed by atoms with Gasteiger partial charge < -0.3 is 20.7 Å². The summed E-state index contributed by atoms with van der Waals surface area (Å²) in [6.07, 6.45) is 5.66. The molecule has 1 unspecified atom stereocenters. The van der Waals surface area contributed by atoms with Gasteiger partial charge in [0, 0.05) is 50.5 Å². The van der Waals surface area contributed by atoms with E-state index in [9.17, 15) is 4.79 Å². The number of aliphatic imine (C=N–C) groups is 1. The number of hydrogen-bond donors (Lipinski definition) is 2. The first-order valence-corrected chi connectivity index (χ1v) is 12.1. The first-order chi connectivity index (χ1) is 17.5. The monoisotopic (exact) mass is 486 g/mol. The highest BCUT2D eigenvalue weighted by Gasteiger charge is 2.20. The number of nitrogens with zero attached hydrogens (tertiary/aromatic N) is 4. The number of hydrogen-bond acceptors (Lipinski definition) is 7. The number of carbonyl (C=O) groups is 1. The molecule has 0 spiro atoms. The number of amides is 1. The summed E-state index contributed by atoms with van der Waals surface area (Å²) in [5.74, 6) is 2.37. The van der Waals surface area contributed by atoms with Crippen molar-refractivity contribution >= 4 is 29.6 Å². The van der Waals surface area contributed by atoms with E-state index in [2.05, 4.69) is 20.3 Å². The predicted octanol–water partition coefficient (Wildman–Crippen LogP) is 5.47. The molecular formula is C28H34N6O2. The summed E-state index contributed by atoms with van der Waals surface area (Å²) in [5, 5.41) is 3.27.